The molecule has 6 heteroatoms. The van der Waals surface area contributed by atoms with E-state index in [1.807, 2.05) is 55.5 Å². The fourth-order valence-electron chi connectivity index (χ4n) is 4.09. The van der Waals surface area contributed by atoms with E-state index in [-0.39, 0.29) is 30.1 Å². The van der Waals surface area contributed by atoms with Gasteiger partial charge >= 0.3 is 0 Å². The van der Waals surface area contributed by atoms with Crippen LogP contribution in [0.5, 0.6) is 0 Å². The van der Waals surface area contributed by atoms with Crippen LogP contribution in [0.15, 0.2) is 71.8 Å². The number of anilines is 1. The molecule has 0 fully saturated rings. The number of carbonyl (C=O) groups is 1. The number of hydrogen-bond acceptors (Lipinski definition) is 5. The molecule has 0 unspecified atom stereocenters. The Morgan fingerprint density at radius 2 is 1.94 bits per heavy atom. The summed E-state index contributed by atoms with van der Waals surface area (Å²) in [6.07, 6.45) is 2.75. The van der Waals surface area contributed by atoms with Crippen molar-refractivity contribution in [1.29, 1.82) is 0 Å². The van der Waals surface area contributed by atoms with Crippen LogP contribution in [0.2, 0.25) is 0 Å². The van der Waals surface area contributed by atoms with Crippen LogP contribution in [-0.2, 0) is 14.3 Å². The molecule has 0 saturated carbocycles. The Kier molecular flexibility index (Phi) is 7.02. The van der Waals surface area contributed by atoms with Crippen LogP contribution in [0.4, 0.5) is 5.69 Å². The molecule has 2 aromatic carbocycles. The van der Waals surface area contributed by atoms with Gasteiger partial charge in [-0.2, -0.15) is 0 Å². The van der Waals surface area contributed by atoms with E-state index in [0.29, 0.717) is 18.7 Å². The highest BCUT2D eigenvalue weighted by Gasteiger charge is 2.38. The second kappa shape index (κ2) is 10.1. The Balaban J connectivity index is 1.72. The normalized spacial score (nSPS) is 20.8. The molecule has 162 valence electrons. The van der Waals surface area contributed by atoms with E-state index >= 15 is 0 Å². The van der Waals surface area contributed by atoms with E-state index in [4.69, 9.17) is 9.47 Å². The van der Waals surface area contributed by atoms with E-state index < -0.39 is 6.29 Å². The van der Waals surface area contributed by atoms with Gasteiger partial charge in [0.1, 0.15) is 0 Å². The standard InChI is InChI=1S/C25H27NO4S/c1-2-29-25-19(12-8-14-27)20(21-16-31-23-13-7-6-11-18(21)23)15-22(30-25)24(28)26-17-9-4-3-5-10-17/h3-7,9-11,13,15-16,19-20,25,27H,2,8,12,14H2,1H3,(H,26,28)/t19-,20-,25+/m0/s1. The molecule has 3 atom stereocenters. The molecule has 1 aliphatic rings. The average molecular weight is 438 g/mol. The highest BCUT2D eigenvalue weighted by atomic mass is 32.1. The molecule has 2 N–H and O–H groups in total. The second-order valence-electron chi connectivity index (χ2n) is 7.54. The lowest BCUT2D eigenvalue weighted by atomic mass is 9.80. The predicted octanol–water partition coefficient (Wildman–Crippen LogP) is 5.29. The first-order valence-corrected chi connectivity index (χ1v) is 11.5. The van der Waals surface area contributed by atoms with Crippen LogP contribution in [0.25, 0.3) is 10.1 Å². The predicted molar refractivity (Wildman–Crippen MR) is 124 cm³/mol. The molecule has 0 radical (unpaired) electrons. The first-order valence-electron chi connectivity index (χ1n) is 10.6. The van der Waals surface area contributed by atoms with Gasteiger partial charge in [0.15, 0.2) is 5.76 Å². The highest BCUT2D eigenvalue weighted by Crippen LogP contribution is 2.43. The van der Waals surface area contributed by atoms with Crippen LogP contribution in [0, 0.1) is 5.92 Å². The summed E-state index contributed by atoms with van der Waals surface area (Å²) in [5, 5.41) is 15.7. The summed E-state index contributed by atoms with van der Waals surface area (Å²) in [7, 11) is 0. The monoisotopic (exact) mass is 437 g/mol. The third-order valence-electron chi connectivity index (χ3n) is 5.54. The molecular weight excluding hydrogens is 410 g/mol. The SMILES string of the molecule is CCO[C@@H]1OC(C(=O)Nc2ccccc2)=C[C@H](c2csc3ccccc23)[C@@H]1CCCO. The van der Waals surface area contributed by atoms with Gasteiger partial charge in [-0.05, 0) is 60.4 Å². The molecule has 0 spiro atoms. The third-order valence-corrected chi connectivity index (χ3v) is 6.52. The maximum Gasteiger partial charge on any atom is 0.290 e. The Morgan fingerprint density at radius 1 is 1.16 bits per heavy atom. The van der Waals surface area contributed by atoms with Crippen LogP contribution >= 0.6 is 11.3 Å². The number of thiophene rings is 1. The molecular formula is C25H27NO4S. The smallest absolute Gasteiger partial charge is 0.290 e. The van der Waals surface area contributed by atoms with E-state index in [1.165, 1.54) is 15.6 Å². The van der Waals surface area contributed by atoms with Crippen molar-refractivity contribution < 1.29 is 19.4 Å². The van der Waals surface area contributed by atoms with E-state index in [0.717, 1.165) is 6.42 Å². The second-order valence-corrected chi connectivity index (χ2v) is 8.45. The van der Waals surface area contributed by atoms with Gasteiger partial charge in [0.05, 0.1) is 0 Å². The molecule has 2 heterocycles. The minimum absolute atomic E-state index is 0.00150. The van der Waals surface area contributed by atoms with Gasteiger partial charge in [-0.1, -0.05) is 36.4 Å². The molecule has 4 rings (SSSR count). The first kappa shape index (κ1) is 21.6. The number of carbonyl (C=O) groups excluding carboxylic acids is 1. The molecule has 0 aliphatic carbocycles. The zero-order valence-electron chi connectivity index (χ0n) is 17.5. The Labute approximate surface area is 186 Å². The van der Waals surface area contributed by atoms with Crippen molar-refractivity contribution in [1.82, 2.24) is 0 Å². The van der Waals surface area contributed by atoms with Gasteiger partial charge in [0.2, 0.25) is 6.29 Å². The third kappa shape index (κ3) is 4.82. The van der Waals surface area contributed by atoms with Gasteiger partial charge < -0.3 is 19.9 Å². The number of aliphatic hydroxyl groups excluding tert-OH is 1. The zero-order valence-corrected chi connectivity index (χ0v) is 18.3. The van der Waals surface area contributed by atoms with Crippen LogP contribution < -0.4 is 5.32 Å². The number of fused-ring (bicyclic) bond motifs is 1. The van der Waals surface area contributed by atoms with E-state index in [9.17, 15) is 9.90 Å². The fraction of sp³-hybridized carbons (Fsp3) is 0.320. The van der Waals surface area contributed by atoms with Crippen LogP contribution in [0.3, 0.4) is 0 Å². The minimum Gasteiger partial charge on any atom is -0.459 e. The molecule has 31 heavy (non-hydrogen) atoms. The van der Waals surface area contributed by atoms with Gasteiger partial charge in [-0.15, -0.1) is 11.3 Å². The summed E-state index contributed by atoms with van der Waals surface area (Å²) >= 11 is 1.70. The summed E-state index contributed by atoms with van der Waals surface area (Å²) in [6, 6.07) is 17.6. The van der Waals surface area contributed by atoms with Crippen molar-refractivity contribution in [2.75, 3.05) is 18.5 Å². The van der Waals surface area contributed by atoms with Crippen molar-refractivity contribution in [3.05, 3.63) is 77.4 Å². The quantitative estimate of drug-likeness (QED) is 0.503. The molecule has 0 saturated heterocycles. The number of amides is 1. The van der Waals surface area contributed by atoms with Crippen LogP contribution in [-0.4, -0.2) is 30.5 Å². The minimum atomic E-state index is -0.554. The largest absolute Gasteiger partial charge is 0.459 e. The molecule has 1 aromatic heterocycles. The van der Waals surface area contributed by atoms with Gasteiger partial charge in [0.25, 0.3) is 5.91 Å². The summed E-state index contributed by atoms with van der Waals surface area (Å²) in [6.45, 7) is 2.51. The van der Waals surface area contributed by atoms with Gasteiger partial charge in [-0.25, -0.2) is 0 Å². The van der Waals surface area contributed by atoms with Crippen molar-refractivity contribution >= 4 is 33.0 Å². The summed E-state index contributed by atoms with van der Waals surface area (Å²) in [5.74, 6) is -0.0771. The van der Waals surface area contributed by atoms with Gasteiger partial charge in [0, 0.05) is 35.4 Å². The number of aliphatic hydroxyl groups is 1. The highest BCUT2D eigenvalue weighted by molar-refractivity contribution is 7.17. The maximum absolute atomic E-state index is 13.0. The van der Waals surface area contributed by atoms with Crippen molar-refractivity contribution in [3.8, 4) is 0 Å². The Bertz CT molecular complexity index is 1050. The lowest BCUT2D eigenvalue weighted by Crippen LogP contribution is -2.37. The van der Waals surface area contributed by atoms with E-state index in [1.54, 1.807) is 11.3 Å². The molecule has 1 aliphatic heterocycles. The number of benzene rings is 2. The lowest BCUT2D eigenvalue weighted by Gasteiger charge is -2.36. The lowest BCUT2D eigenvalue weighted by molar-refractivity contribution is -0.164. The summed E-state index contributed by atoms with van der Waals surface area (Å²) in [4.78, 5) is 13.0. The van der Waals surface area contributed by atoms with Crippen molar-refractivity contribution in [2.24, 2.45) is 5.92 Å². The Hall–Kier alpha value is -2.67. The number of ether oxygens (including phenoxy) is 2. The maximum atomic E-state index is 13.0. The zero-order chi connectivity index (χ0) is 21.6. The first-order chi connectivity index (χ1) is 15.2. The van der Waals surface area contributed by atoms with Crippen molar-refractivity contribution in [3.63, 3.8) is 0 Å². The van der Waals surface area contributed by atoms with Crippen LogP contribution in [0.1, 0.15) is 31.2 Å². The van der Waals surface area contributed by atoms with Gasteiger partial charge in [-0.3, -0.25) is 4.79 Å². The fourth-order valence-corrected chi connectivity index (χ4v) is 5.10. The number of hydrogen-bond donors (Lipinski definition) is 2. The Morgan fingerprint density at radius 3 is 2.71 bits per heavy atom. The number of rotatable bonds is 8. The summed E-state index contributed by atoms with van der Waals surface area (Å²) in [5.41, 5.74) is 1.88. The molecule has 3 aromatic rings. The van der Waals surface area contributed by atoms with E-state index in [2.05, 4.69) is 22.8 Å². The number of allylic oxidation sites excluding steroid dienone is 1. The molecule has 0 bridgehead atoms. The number of para-hydroxylation sites is 1. The summed E-state index contributed by atoms with van der Waals surface area (Å²) < 4.78 is 13.2. The van der Waals surface area contributed by atoms with Crippen molar-refractivity contribution in [2.45, 2.75) is 32.0 Å². The topological polar surface area (TPSA) is 67.8 Å². The molecule has 5 nitrogen and oxygen atoms in total. The molecule has 1 amide bonds. The average Bonchev–Trinajstić information content (AvgIpc) is 3.22. The number of nitrogens with one attached hydrogen (secondary N) is 1.